The maximum Gasteiger partial charge on any atom is 0.131 e. The molecule has 1 aliphatic heterocycles. The predicted molar refractivity (Wildman–Crippen MR) is 276 cm³/mol. The standard InChI is InChI=1S/C53H42N4.3C2H6/c1-5-48(43-25-16-23-41(33-43)39-19-8-6-9-20-39)54-38(4)57-50-30-14-12-27-45(50)36(2)52(57)35-47-37(3)56(51-31-15-13-28-46(47)51)53-32-18-29-49(55-53)44-26-17-24-42(34-44)40-21-10-7-11-22-40;3*1-2/h5-35,49,55H,1,3-4H2,2H3;3*1-2H3/b47-35+,54-48+;;;. The van der Waals surface area contributed by atoms with Crippen LogP contribution in [0.2, 0.25) is 0 Å². The van der Waals surface area contributed by atoms with E-state index in [1.807, 2.05) is 53.7 Å². The second-order valence-corrected chi connectivity index (χ2v) is 14.3. The van der Waals surface area contributed by atoms with E-state index in [0.717, 1.165) is 71.9 Å². The second-order valence-electron chi connectivity index (χ2n) is 14.3. The normalized spacial score (nSPS) is 13.4. The first-order valence-electron chi connectivity index (χ1n) is 22.3. The minimum absolute atomic E-state index is 0.0138. The summed E-state index contributed by atoms with van der Waals surface area (Å²) in [5, 5.41) is 8.00. The van der Waals surface area contributed by atoms with Crippen LogP contribution in [0.4, 0.5) is 0 Å². The SMILES string of the molecule is C=C/C(=N\C(=C)n1c(/C=c2\c(=C)n(C3=CC=CC(c4cccc(-c5ccccc5)c4)N3)c3ccccc23)c(C)c2ccccc21)c1cccc(-c2ccccc2)c1.CC.CC.CC. The summed E-state index contributed by atoms with van der Waals surface area (Å²) in [6.45, 7) is 27.6. The number of nitrogens with one attached hydrogen (secondary N) is 1. The summed E-state index contributed by atoms with van der Waals surface area (Å²) in [5.41, 5.74) is 11.8. The lowest BCUT2D eigenvalue weighted by Gasteiger charge is -2.24. The zero-order valence-corrected chi connectivity index (χ0v) is 37.9. The van der Waals surface area contributed by atoms with E-state index in [2.05, 4.69) is 210 Å². The molecule has 0 fully saturated rings. The van der Waals surface area contributed by atoms with Crippen LogP contribution in [0.25, 0.3) is 68.4 Å². The largest absolute Gasteiger partial charge is 0.361 e. The maximum atomic E-state index is 5.16. The van der Waals surface area contributed by atoms with Crippen molar-refractivity contribution in [2.24, 2.45) is 4.99 Å². The van der Waals surface area contributed by atoms with Crippen molar-refractivity contribution in [2.75, 3.05) is 0 Å². The molecule has 1 aliphatic rings. The molecule has 0 amide bonds. The number of aromatic nitrogens is 2. The number of dihydropyridines is 1. The van der Waals surface area contributed by atoms with Gasteiger partial charge < -0.3 is 5.32 Å². The Morgan fingerprint density at radius 2 is 1.19 bits per heavy atom. The van der Waals surface area contributed by atoms with E-state index < -0.39 is 0 Å². The number of hydrogen-bond acceptors (Lipinski definition) is 2. The monoisotopic (exact) mass is 824 g/mol. The lowest BCUT2D eigenvalue weighted by Crippen LogP contribution is -2.33. The van der Waals surface area contributed by atoms with Crippen molar-refractivity contribution >= 4 is 51.8 Å². The van der Waals surface area contributed by atoms with Gasteiger partial charge in [0.25, 0.3) is 0 Å². The van der Waals surface area contributed by atoms with Gasteiger partial charge in [-0.05, 0) is 82.8 Å². The number of rotatable bonds is 9. The molecule has 0 saturated carbocycles. The van der Waals surface area contributed by atoms with Gasteiger partial charge in [0.05, 0.1) is 28.5 Å². The molecule has 0 spiro atoms. The maximum absolute atomic E-state index is 5.16. The molecule has 0 radical (unpaired) electrons. The number of aryl methyl sites for hydroxylation is 1. The zero-order valence-electron chi connectivity index (χ0n) is 37.9. The lowest BCUT2D eigenvalue weighted by molar-refractivity contribution is 0.728. The van der Waals surface area contributed by atoms with Crippen molar-refractivity contribution in [1.82, 2.24) is 14.5 Å². The fourth-order valence-corrected chi connectivity index (χ4v) is 8.06. The molecular weight excluding hydrogens is 765 g/mol. The summed E-state index contributed by atoms with van der Waals surface area (Å²) < 4.78 is 4.40. The molecular formula is C59H60N4. The molecule has 4 heteroatoms. The van der Waals surface area contributed by atoms with E-state index in [4.69, 9.17) is 11.6 Å². The van der Waals surface area contributed by atoms with Gasteiger partial charge in [0.2, 0.25) is 0 Å². The molecule has 0 aliphatic carbocycles. The Balaban J connectivity index is 0.00000106. The van der Waals surface area contributed by atoms with Gasteiger partial charge in [-0.3, -0.25) is 9.13 Å². The second kappa shape index (κ2) is 21.4. The van der Waals surface area contributed by atoms with Crippen LogP contribution in [-0.2, 0) is 0 Å². The summed E-state index contributed by atoms with van der Waals surface area (Å²) >= 11 is 0. The quantitative estimate of drug-likeness (QED) is 0.145. The average Bonchev–Trinajstić information content (AvgIpc) is 3.81. The highest BCUT2D eigenvalue weighted by atomic mass is 15.2. The first-order chi connectivity index (χ1) is 31.0. The molecule has 0 bridgehead atoms. The fraction of sp³-hybridized carbons (Fsp3) is 0.136. The molecule has 1 N–H and O–H groups in total. The molecule has 0 saturated heterocycles. The third-order valence-electron chi connectivity index (χ3n) is 10.9. The predicted octanol–water partition coefficient (Wildman–Crippen LogP) is 14.4. The van der Waals surface area contributed by atoms with Crippen LogP contribution in [0.15, 0.2) is 200 Å². The van der Waals surface area contributed by atoms with E-state index in [1.165, 1.54) is 16.7 Å². The Kier molecular flexibility index (Phi) is 15.3. The molecule has 9 rings (SSSR count). The van der Waals surface area contributed by atoms with Crippen molar-refractivity contribution in [3.8, 4) is 22.3 Å². The van der Waals surface area contributed by atoms with E-state index >= 15 is 0 Å². The van der Waals surface area contributed by atoms with Crippen molar-refractivity contribution in [3.05, 3.63) is 228 Å². The van der Waals surface area contributed by atoms with Crippen LogP contribution in [0.3, 0.4) is 0 Å². The molecule has 63 heavy (non-hydrogen) atoms. The number of para-hydroxylation sites is 2. The van der Waals surface area contributed by atoms with Crippen LogP contribution in [-0.4, -0.2) is 14.8 Å². The number of hydrogen-bond donors (Lipinski definition) is 1. The summed E-state index contributed by atoms with van der Waals surface area (Å²) in [5.74, 6) is 1.57. The van der Waals surface area contributed by atoms with Crippen molar-refractivity contribution in [3.63, 3.8) is 0 Å². The van der Waals surface area contributed by atoms with Gasteiger partial charge >= 0.3 is 0 Å². The third kappa shape index (κ3) is 9.41. The van der Waals surface area contributed by atoms with E-state index in [1.54, 1.807) is 0 Å². The highest BCUT2D eigenvalue weighted by Crippen LogP contribution is 2.31. The van der Waals surface area contributed by atoms with Crippen LogP contribution in [0.5, 0.6) is 0 Å². The molecule has 2 aromatic heterocycles. The molecule has 316 valence electrons. The minimum Gasteiger partial charge on any atom is -0.361 e. The van der Waals surface area contributed by atoms with Crippen LogP contribution >= 0.6 is 0 Å². The van der Waals surface area contributed by atoms with Gasteiger partial charge in [-0.15, -0.1) is 0 Å². The Morgan fingerprint density at radius 1 is 0.635 bits per heavy atom. The summed E-state index contributed by atoms with van der Waals surface area (Å²) in [4.78, 5) is 5.16. The van der Waals surface area contributed by atoms with Crippen LogP contribution < -0.4 is 15.9 Å². The smallest absolute Gasteiger partial charge is 0.131 e. The number of aliphatic imine (C=N–C) groups is 1. The van der Waals surface area contributed by atoms with Crippen molar-refractivity contribution in [1.29, 1.82) is 0 Å². The first-order valence-corrected chi connectivity index (χ1v) is 22.3. The molecule has 3 heterocycles. The Morgan fingerprint density at radius 3 is 1.84 bits per heavy atom. The number of allylic oxidation sites excluding steroid dienone is 3. The van der Waals surface area contributed by atoms with Crippen molar-refractivity contribution < 1.29 is 0 Å². The van der Waals surface area contributed by atoms with Gasteiger partial charge in [-0.1, -0.05) is 207 Å². The summed E-state index contributed by atoms with van der Waals surface area (Å²) in [6.07, 6.45) is 10.5. The summed E-state index contributed by atoms with van der Waals surface area (Å²) in [6, 6.07) is 55.0. The number of fused-ring (bicyclic) bond motifs is 2. The Labute approximate surface area is 374 Å². The fourth-order valence-electron chi connectivity index (χ4n) is 8.06. The molecule has 1 atom stereocenters. The zero-order chi connectivity index (χ0) is 44.9. The summed E-state index contributed by atoms with van der Waals surface area (Å²) in [7, 11) is 0. The highest BCUT2D eigenvalue weighted by molar-refractivity contribution is 6.11. The lowest BCUT2D eigenvalue weighted by atomic mass is 9.98. The minimum atomic E-state index is -0.0138. The number of benzene rings is 6. The highest BCUT2D eigenvalue weighted by Gasteiger charge is 2.19. The first kappa shape index (κ1) is 45.1. The van der Waals surface area contributed by atoms with E-state index in [0.29, 0.717) is 5.82 Å². The van der Waals surface area contributed by atoms with Crippen LogP contribution in [0, 0.1) is 6.92 Å². The van der Waals surface area contributed by atoms with Crippen molar-refractivity contribution in [2.45, 2.75) is 54.5 Å². The van der Waals surface area contributed by atoms with E-state index in [-0.39, 0.29) is 6.04 Å². The van der Waals surface area contributed by atoms with Gasteiger partial charge in [-0.2, -0.15) is 0 Å². The van der Waals surface area contributed by atoms with Crippen LogP contribution in [0.1, 0.15) is 70.0 Å². The molecule has 8 aromatic rings. The van der Waals surface area contributed by atoms with Gasteiger partial charge in [0, 0.05) is 26.9 Å². The van der Waals surface area contributed by atoms with E-state index in [9.17, 15) is 0 Å². The molecule has 4 nitrogen and oxygen atoms in total. The average molecular weight is 825 g/mol. The third-order valence-corrected chi connectivity index (χ3v) is 10.9. The van der Waals surface area contributed by atoms with Gasteiger partial charge in [0.1, 0.15) is 11.6 Å². The number of nitrogens with zero attached hydrogens (tertiary/aromatic N) is 3. The topological polar surface area (TPSA) is 34.2 Å². The molecule has 6 aromatic carbocycles. The molecule has 1 unspecified atom stereocenters. The Bertz CT molecular complexity index is 3050. The van der Waals surface area contributed by atoms with Gasteiger partial charge in [-0.25, -0.2) is 4.99 Å². The van der Waals surface area contributed by atoms with Gasteiger partial charge in [0.15, 0.2) is 0 Å². The Hall–Kier alpha value is -7.43.